The number of aromatic nitrogens is 2. The molecule has 0 N–H and O–H groups in total. The molecule has 8 heteroatoms. The highest BCUT2D eigenvalue weighted by Gasteiger charge is 2.32. The van der Waals surface area contributed by atoms with E-state index in [1.54, 1.807) is 24.7 Å². The summed E-state index contributed by atoms with van der Waals surface area (Å²) >= 11 is 0. The minimum absolute atomic E-state index is 0.116. The van der Waals surface area contributed by atoms with E-state index < -0.39 is 17.6 Å². The van der Waals surface area contributed by atoms with Gasteiger partial charge >= 0.3 is 5.97 Å². The van der Waals surface area contributed by atoms with Crippen molar-refractivity contribution in [1.82, 2.24) is 9.97 Å². The van der Waals surface area contributed by atoms with Gasteiger partial charge in [-0.05, 0) is 106 Å². The number of nitrogens with zero attached hydrogens (tertiary/aromatic N) is 3. The van der Waals surface area contributed by atoms with Crippen molar-refractivity contribution >= 4 is 28.3 Å². The number of hydrogen-bond acceptors (Lipinski definition) is 6. The van der Waals surface area contributed by atoms with Crippen LogP contribution in [-0.2, 0) is 16.0 Å². The summed E-state index contributed by atoms with van der Waals surface area (Å²) in [4.78, 5) is 37.0. The Balaban J connectivity index is 1.36. The van der Waals surface area contributed by atoms with E-state index in [9.17, 15) is 18.4 Å². The zero-order valence-corrected chi connectivity index (χ0v) is 25.0. The second-order valence-electron chi connectivity index (χ2n) is 13.2. The van der Waals surface area contributed by atoms with Crippen molar-refractivity contribution in [2.75, 3.05) is 18.0 Å². The van der Waals surface area contributed by atoms with Crippen LogP contribution in [0, 0.1) is 17.7 Å². The molecule has 5 rings (SSSR count). The fourth-order valence-corrected chi connectivity index (χ4v) is 6.77. The van der Waals surface area contributed by atoms with E-state index in [4.69, 9.17) is 4.74 Å². The van der Waals surface area contributed by atoms with Gasteiger partial charge < -0.3 is 9.64 Å². The first-order chi connectivity index (χ1) is 20.0. The fraction of sp³-hybridized carbons (Fsp3) is 0.529. The highest BCUT2D eigenvalue weighted by molar-refractivity contribution is 6.08. The Labute approximate surface area is 246 Å². The van der Waals surface area contributed by atoms with Gasteiger partial charge in [0.25, 0.3) is 0 Å². The number of Topliss-reactive ketones (excluding diaryl/α,β-unsaturated/α-hetero) is 1. The number of carbonyl (C=O) groups is 2. The van der Waals surface area contributed by atoms with E-state index >= 15 is 0 Å². The lowest BCUT2D eigenvalue weighted by Crippen LogP contribution is -2.36. The Morgan fingerprint density at radius 2 is 1.93 bits per heavy atom. The molecule has 0 spiro atoms. The molecule has 3 heterocycles. The number of halogens is 2. The zero-order chi connectivity index (χ0) is 30.0. The predicted molar refractivity (Wildman–Crippen MR) is 160 cm³/mol. The van der Waals surface area contributed by atoms with Crippen LogP contribution >= 0.6 is 0 Å². The number of pyridine rings is 2. The maximum atomic E-state index is 15.0. The van der Waals surface area contributed by atoms with Crippen LogP contribution in [0.2, 0.25) is 0 Å². The molecule has 2 fully saturated rings. The third kappa shape index (κ3) is 7.13. The topological polar surface area (TPSA) is 72.4 Å². The molecule has 42 heavy (non-hydrogen) atoms. The molecule has 4 atom stereocenters. The van der Waals surface area contributed by atoms with Crippen molar-refractivity contribution < 1.29 is 23.1 Å². The van der Waals surface area contributed by atoms with Crippen LogP contribution in [-0.4, -0.2) is 46.6 Å². The van der Waals surface area contributed by atoms with Crippen LogP contribution in [0.15, 0.2) is 42.9 Å². The molecular formula is C34H41F2N3O3. The number of carbonyl (C=O) groups excluding carboxylic acids is 2. The maximum Gasteiger partial charge on any atom is 0.306 e. The van der Waals surface area contributed by atoms with Crippen LogP contribution in [0.3, 0.4) is 0 Å². The van der Waals surface area contributed by atoms with E-state index in [-0.39, 0.29) is 41.9 Å². The van der Waals surface area contributed by atoms with E-state index in [1.165, 1.54) is 12.1 Å². The van der Waals surface area contributed by atoms with Gasteiger partial charge in [-0.3, -0.25) is 19.6 Å². The Hall–Kier alpha value is -3.42. The van der Waals surface area contributed by atoms with Gasteiger partial charge in [-0.25, -0.2) is 8.78 Å². The average molecular weight is 578 g/mol. The van der Waals surface area contributed by atoms with Gasteiger partial charge in [0.2, 0.25) is 0 Å². The van der Waals surface area contributed by atoms with Crippen LogP contribution in [0.1, 0.15) is 93.6 Å². The lowest BCUT2D eigenvalue weighted by atomic mass is 9.71. The Bertz CT molecular complexity index is 1450. The molecule has 224 valence electrons. The van der Waals surface area contributed by atoms with Gasteiger partial charge in [-0.15, -0.1) is 0 Å². The van der Waals surface area contributed by atoms with Crippen molar-refractivity contribution in [1.29, 1.82) is 0 Å². The first kappa shape index (κ1) is 30.1. The van der Waals surface area contributed by atoms with Crippen LogP contribution < -0.4 is 4.90 Å². The van der Waals surface area contributed by atoms with Gasteiger partial charge in [0.15, 0.2) is 5.78 Å². The average Bonchev–Trinajstić information content (AvgIpc) is 2.92. The number of hydrogen-bond donors (Lipinski definition) is 0. The third-order valence-corrected chi connectivity index (χ3v) is 8.46. The molecule has 1 aliphatic heterocycles. The Kier molecular flexibility index (Phi) is 8.90. The lowest BCUT2D eigenvalue weighted by molar-refractivity contribution is -0.156. The molecule has 0 unspecified atom stereocenters. The molecule has 1 aromatic carbocycles. The maximum absolute atomic E-state index is 15.0. The normalized spacial score (nSPS) is 23.1. The molecule has 6 nitrogen and oxygen atoms in total. The summed E-state index contributed by atoms with van der Waals surface area (Å²) in [5.74, 6) is 0.0392. The Morgan fingerprint density at radius 3 is 2.69 bits per heavy atom. The van der Waals surface area contributed by atoms with Crippen molar-refractivity contribution in [2.24, 2.45) is 11.8 Å². The second kappa shape index (κ2) is 12.4. The van der Waals surface area contributed by atoms with Gasteiger partial charge in [0.1, 0.15) is 17.6 Å². The number of esters is 1. The number of ketones is 1. The van der Waals surface area contributed by atoms with Gasteiger partial charge in [0, 0.05) is 49.3 Å². The highest BCUT2D eigenvalue weighted by Crippen LogP contribution is 2.42. The van der Waals surface area contributed by atoms with Crippen LogP contribution in [0.5, 0.6) is 0 Å². The zero-order valence-electron chi connectivity index (χ0n) is 25.0. The highest BCUT2D eigenvalue weighted by atomic mass is 19.1. The minimum atomic E-state index is -0.916. The van der Waals surface area contributed by atoms with Gasteiger partial charge in [0.05, 0.1) is 17.4 Å². The lowest BCUT2D eigenvalue weighted by Gasteiger charge is -2.34. The van der Waals surface area contributed by atoms with Crippen molar-refractivity contribution in [3.63, 3.8) is 0 Å². The number of benzene rings is 1. The van der Waals surface area contributed by atoms with Gasteiger partial charge in [-0.1, -0.05) is 6.92 Å². The summed E-state index contributed by atoms with van der Waals surface area (Å²) < 4.78 is 34.5. The van der Waals surface area contributed by atoms with E-state index in [1.807, 2.05) is 31.7 Å². The standard InChI is InChI=1S/C34H41F2N3O3/c1-21-12-22(15-32(41)42-34(2,3)4)14-23(13-21)27-9-10-37-18-24(27)16-31(40)28-7-8-30(36)29-17-26(19-38-33(28)29)39-11-5-6-25(35)20-39/h7-10,17-19,21-23,25H,5-6,11-16,20H2,1-4H3/t21-,22+,23-,25-/m1/s1. The monoisotopic (exact) mass is 577 g/mol. The summed E-state index contributed by atoms with van der Waals surface area (Å²) in [5.41, 5.74) is 2.73. The SMILES string of the molecule is C[C@@H]1C[C@H](CC(=O)OC(C)(C)C)C[C@H](c2ccncc2CC(=O)c2ccc(F)c3cc(N4CCC[C@@H](F)C4)cnc23)C1. The first-order valence-electron chi connectivity index (χ1n) is 15.1. The fourth-order valence-electron chi connectivity index (χ4n) is 6.77. The number of anilines is 1. The molecule has 1 saturated carbocycles. The van der Waals surface area contributed by atoms with E-state index in [2.05, 4.69) is 16.9 Å². The van der Waals surface area contributed by atoms with Crippen molar-refractivity contribution in [3.8, 4) is 0 Å². The quantitative estimate of drug-likeness (QED) is 0.215. The predicted octanol–water partition coefficient (Wildman–Crippen LogP) is 7.38. The first-order valence-corrected chi connectivity index (χ1v) is 15.1. The summed E-state index contributed by atoms with van der Waals surface area (Å²) in [6.07, 6.45) is 8.74. The van der Waals surface area contributed by atoms with Crippen molar-refractivity contribution in [3.05, 3.63) is 65.4 Å². The van der Waals surface area contributed by atoms with Crippen LogP contribution in [0.25, 0.3) is 10.9 Å². The van der Waals surface area contributed by atoms with E-state index in [0.717, 1.165) is 36.8 Å². The number of alkyl halides is 1. The van der Waals surface area contributed by atoms with Crippen LogP contribution in [0.4, 0.5) is 14.5 Å². The molecule has 2 aromatic heterocycles. The molecule has 1 aliphatic carbocycles. The smallest absolute Gasteiger partial charge is 0.306 e. The molecule has 0 amide bonds. The molecule has 3 aromatic rings. The number of piperidine rings is 1. The Morgan fingerprint density at radius 1 is 1.12 bits per heavy atom. The number of rotatable bonds is 7. The third-order valence-electron chi connectivity index (χ3n) is 8.46. The molecule has 0 bridgehead atoms. The summed E-state index contributed by atoms with van der Waals surface area (Å²) in [5, 5.41) is 0.261. The summed E-state index contributed by atoms with van der Waals surface area (Å²) in [7, 11) is 0. The molecular weight excluding hydrogens is 536 g/mol. The van der Waals surface area contributed by atoms with Crippen molar-refractivity contribution in [2.45, 2.75) is 90.3 Å². The molecule has 1 saturated heterocycles. The summed E-state index contributed by atoms with van der Waals surface area (Å²) in [6.45, 7) is 8.80. The van der Waals surface area contributed by atoms with E-state index in [0.29, 0.717) is 42.1 Å². The minimum Gasteiger partial charge on any atom is -0.460 e. The largest absolute Gasteiger partial charge is 0.460 e. The number of ether oxygens (including phenoxy) is 1. The summed E-state index contributed by atoms with van der Waals surface area (Å²) in [6, 6.07) is 6.47. The molecule has 0 radical (unpaired) electrons. The second-order valence-corrected chi connectivity index (χ2v) is 13.2. The van der Waals surface area contributed by atoms with Gasteiger partial charge in [-0.2, -0.15) is 0 Å². The number of fused-ring (bicyclic) bond motifs is 1. The molecule has 2 aliphatic rings.